The van der Waals surface area contributed by atoms with Gasteiger partial charge in [0.25, 0.3) is 0 Å². The molecule has 80 valence electrons. The zero-order valence-electron chi connectivity index (χ0n) is 8.95. The summed E-state index contributed by atoms with van der Waals surface area (Å²) in [6.45, 7) is 6.03. The van der Waals surface area contributed by atoms with Crippen LogP contribution in [0.4, 0.5) is 0 Å². The first-order chi connectivity index (χ1) is 6.28. The summed E-state index contributed by atoms with van der Waals surface area (Å²) in [5.74, 6) is 0. The van der Waals surface area contributed by atoms with Gasteiger partial charge < -0.3 is 14.2 Å². The summed E-state index contributed by atoms with van der Waals surface area (Å²) >= 11 is 0. The van der Waals surface area contributed by atoms with Gasteiger partial charge in [-0.25, -0.2) is 0 Å². The molecule has 3 nitrogen and oxygen atoms in total. The Hall–Kier alpha value is 0.932. The van der Waals surface area contributed by atoms with Crippen molar-refractivity contribution in [1.29, 1.82) is 0 Å². The molecule has 4 atom stereocenters. The maximum Gasteiger partial charge on any atom is 0.0880 e. The second-order valence-corrected chi connectivity index (χ2v) is 3.72. The molecule has 0 aromatic heterocycles. The van der Waals surface area contributed by atoms with Crippen LogP contribution in [0.2, 0.25) is 0 Å². The zero-order chi connectivity index (χ0) is 9.47. The second-order valence-electron chi connectivity index (χ2n) is 3.72. The van der Waals surface area contributed by atoms with Crippen LogP contribution in [-0.4, -0.2) is 31.0 Å². The van der Waals surface area contributed by atoms with Crippen molar-refractivity contribution in [3.8, 4) is 0 Å². The smallest absolute Gasteiger partial charge is 0.0880 e. The third-order valence-corrected chi connectivity index (χ3v) is 3.25. The number of hydrogen-bond donors (Lipinski definition) is 0. The van der Waals surface area contributed by atoms with Crippen LogP contribution in [-0.2, 0) is 14.2 Å². The van der Waals surface area contributed by atoms with Gasteiger partial charge in [0.05, 0.1) is 17.8 Å². The molecule has 2 aliphatic rings. The first kappa shape index (κ1) is 13.0. The number of methoxy groups -OCH3 is 1. The van der Waals surface area contributed by atoms with Crippen LogP contribution in [0.15, 0.2) is 0 Å². The molecule has 0 aromatic rings. The standard InChI is InChI=1S/C10H17O3.U/c1-4-8-10(5-2)9(11-3)7(13-8)6-12-10;/h6-9H,4-5H2,1-3H3;/q-1;/t7-,8?,9-,10-;/m0./s1. The molecule has 0 amide bonds. The van der Waals surface area contributed by atoms with Crippen LogP contribution in [0.5, 0.6) is 0 Å². The average molecular weight is 423 g/mol. The summed E-state index contributed by atoms with van der Waals surface area (Å²) in [4.78, 5) is 0. The monoisotopic (exact) mass is 423 g/mol. The summed E-state index contributed by atoms with van der Waals surface area (Å²) in [5.41, 5.74) is -0.214. The summed E-state index contributed by atoms with van der Waals surface area (Å²) in [5, 5.41) is 0. The summed E-state index contributed by atoms with van der Waals surface area (Å²) in [7, 11) is 1.73. The Bertz CT molecular complexity index is 200. The third kappa shape index (κ3) is 1.60. The van der Waals surface area contributed by atoms with Crippen LogP contribution >= 0.6 is 0 Å². The van der Waals surface area contributed by atoms with Gasteiger partial charge in [0.1, 0.15) is 0 Å². The quantitative estimate of drug-likeness (QED) is 0.645. The number of ether oxygens (including phenoxy) is 3. The molecule has 0 radical (unpaired) electrons. The number of fused-ring (bicyclic) bond motifs is 2. The Morgan fingerprint density at radius 3 is 2.64 bits per heavy atom. The van der Waals surface area contributed by atoms with Crippen molar-refractivity contribution in [2.24, 2.45) is 0 Å². The maximum absolute atomic E-state index is 5.80. The minimum Gasteiger partial charge on any atom is -0.541 e. The van der Waals surface area contributed by atoms with Gasteiger partial charge in [-0.05, 0) is 18.9 Å². The predicted octanol–water partition coefficient (Wildman–Crippen LogP) is 1.52. The van der Waals surface area contributed by atoms with E-state index in [0.717, 1.165) is 12.8 Å². The van der Waals surface area contributed by atoms with Gasteiger partial charge >= 0.3 is 0 Å². The SMILES string of the molecule is CCC1O[C@H]2[CH-]O[C@]1(CC)[C@H]2OC.[U]. The van der Waals surface area contributed by atoms with Crippen LogP contribution in [0.1, 0.15) is 26.7 Å². The van der Waals surface area contributed by atoms with Crippen LogP contribution in [0.25, 0.3) is 0 Å². The van der Waals surface area contributed by atoms with E-state index in [1.54, 1.807) is 13.7 Å². The summed E-state index contributed by atoms with van der Waals surface area (Å²) < 4.78 is 17.0. The molecule has 2 aliphatic heterocycles. The Balaban J connectivity index is 0.000000980. The first-order valence-electron chi connectivity index (χ1n) is 4.98. The molecule has 2 fully saturated rings. The average Bonchev–Trinajstić information content (AvgIpc) is 2.68. The van der Waals surface area contributed by atoms with E-state index in [1.165, 1.54) is 0 Å². The molecule has 2 heterocycles. The molecule has 0 aliphatic carbocycles. The van der Waals surface area contributed by atoms with Crippen LogP contribution in [0, 0.1) is 37.7 Å². The molecule has 14 heavy (non-hydrogen) atoms. The van der Waals surface area contributed by atoms with Gasteiger partial charge in [-0.15, -0.1) is 0 Å². The topological polar surface area (TPSA) is 27.7 Å². The minimum atomic E-state index is -0.214. The second kappa shape index (κ2) is 4.84. The number of hydrogen-bond acceptors (Lipinski definition) is 3. The fourth-order valence-corrected chi connectivity index (χ4v) is 2.57. The fourth-order valence-electron chi connectivity index (χ4n) is 2.57. The van der Waals surface area contributed by atoms with Crippen molar-refractivity contribution in [2.75, 3.05) is 7.11 Å². The van der Waals surface area contributed by atoms with Gasteiger partial charge in [0.15, 0.2) is 0 Å². The summed E-state index contributed by atoms with van der Waals surface area (Å²) in [6.07, 6.45) is 2.24. The van der Waals surface area contributed by atoms with Gasteiger partial charge in [0, 0.05) is 38.2 Å². The molecule has 4 heteroatoms. The van der Waals surface area contributed by atoms with Gasteiger partial charge in [-0.1, -0.05) is 13.8 Å². The van der Waals surface area contributed by atoms with Gasteiger partial charge in [-0.2, -0.15) is 6.61 Å². The van der Waals surface area contributed by atoms with Crippen molar-refractivity contribution in [3.05, 3.63) is 6.61 Å². The molecule has 2 bridgehead atoms. The van der Waals surface area contributed by atoms with E-state index < -0.39 is 0 Å². The van der Waals surface area contributed by atoms with Crippen LogP contribution in [0.3, 0.4) is 0 Å². The minimum absolute atomic E-state index is 0. The van der Waals surface area contributed by atoms with E-state index in [4.69, 9.17) is 14.2 Å². The first-order valence-corrected chi connectivity index (χ1v) is 4.98. The fraction of sp³-hybridized carbons (Fsp3) is 0.900. The molecule has 2 saturated heterocycles. The van der Waals surface area contributed by atoms with E-state index in [9.17, 15) is 0 Å². The van der Waals surface area contributed by atoms with E-state index in [2.05, 4.69) is 13.8 Å². The number of rotatable bonds is 3. The van der Waals surface area contributed by atoms with Crippen molar-refractivity contribution >= 4 is 0 Å². The molecular formula is C10H17O3U-. The van der Waals surface area contributed by atoms with E-state index in [-0.39, 0.29) is 55.0 Å². The zero-order valence-corrected chi connectivity index (χ0v) is 13.1. The van der Waals surface area contributed by atoms with Crippen molar-refractivity contribution in [2.45, 2.75) is 50.6 Å². The van der Waals surface area contributed by atoms with Gasteiger partial charge in [0.2, 0.25) is 0 Å². The maximum atomic E-state index is 5.80. The van der Waals surface area contributed by atoms with Gasteiger partial charge in [-0.3, -0.25) is 0 Å². The molecular weight excluding hydrogens is 406 g/mol. The Kier molecular flexibility index (Phi) is 4.50. The predicted molar refractivity (Wildman–Crippen MR) is 48.2 cm³/mol. The largest absolute Gasteiger partial charge is 0.541 e. The molecule has 0 aromatic carbocycles. The van der Waals surface area contributed by atoms with Crippen molar-refractivity contribution in [3.63, 3.8) is 0 Å². The van der Waals surface area contributed by atoms with Crippen LogP contribution < -0.4 is 0 Å². The molecule has 1 unspecified atom stereocenters. The van der Waals surface area contributed by atoms with Crippen molar-refractivity contribution in [1.82, 2.24) is 0 Å². The van der Waals surface area contributed by atoms with Crippen molar-refractivity contribution < 1.29 is 45.3 Å². The molecule has 0 spiro atoms. The Labute approximate surface area is 109 Å². The Morgan fingerprint density at radius 2 is 2.14 bits per heavy atom. The third-order valence-electron chi connectivity index (χ3n) is 3.25. The normalized spacial score (nSPS) is 45.2. The molecule has 0 N–H and O–H groups in total. The Morgan fingerprint density at radius 1 is 1.43 bits per heavy atom. The van der Waals surface area contributed by atoms with E-state index >= 15 is 0 Å². The van der Waals surface area contributed by atoms with E-state index in [0.29, 0.717) is 0 Å². The summed E-state index contributed by atoms with van der Waals surface area (Å²) in [6, 6.07) is 0. The molecule has 0 saturated carbocycles. The van der Waals surface area contributed by atoms with E-state index in [1.807, 2.05) is 0 Å². The molecule has 2 rings (SSSR count).